The average molecular weight is 170 g/mol. The molecule has 0 fully saturated rings. The second kappa shape index (κ2) is 3.72. The summed E-state index contributed by atoms with van der Waals surface area (Å²) in [7, 11) is 0. The van der Waals surface area contributed by atoms with E-state index in [9.17, 15) is 0 Å². The highest BCUT2D eigenvalue weighted by Gasteiger charge is 2.05. The number of nitrogen functional groups attached to an aromatic ring is 1. The predicted molar refractivity (Wildman–Crippen MR) is 49.9 cm³/mol. The topological polar surface area (TPSA) is 38.9 Å². The van der Waals surface area contributed by atoms with E-state index < -0.39 is 0 Å². The van der Waals surface area contributed by atoms with Crippen molar-refractivity contribution in [1.29, 1.82) is 0 Å². The first-order valence-electron chi connectivity index (χ1n) is 4.02. The maximum absolute atomic E-state index is 5.59. The molecule has 11 heavy (non-hydrogen) atoms. The van der Waals surface area contributed by atoms with Crippen LogP contribution in [-0.2, 0) is 12.8 Å². The molecule has 2 N–H and O–H groups in total. The van der Waals surface area contributed by atoms with Gasteiger partial charge in [0.05, 0.1) is 5.69 Å². The highest BCUT2D eigenvalue weighted by molar-refractivity contribution is 7.15. The van der Waals surface area contributed by atoms with Gasteiger partial charge < -0.3 is 5.73 Å². The number of aromatic nitrogens is 1. The van der Waals surface area contributed by atoms with Crippen LogP contribution in [0.2, 0.25) is 0 Å². The van der Waals surface area contributed by atoms with E-state index in [0.29, 0.717) is 5.13 Å². The third kappa shape index (κ3) is 1.93. The number of nitrogens with two attached hydrogens (primary N) is 1. The first kappa shape index (κ1) is 8.53. The molecular formula is C8H14N2S. The maximum Gasteiger partial charge on any atom is 0.180 e. The molecule has 62 valence electrons. The van der Waals surface area contributed by atoms with Gasteiger partial charge in [0.15, 0.2) is 5.13 Å². The molecule has 0 spiro atoms. The Morgan fingerprint density at radius 1 is 1.45 bits per heavy atom. The molecule has 3 heteroatoms. The van der Waals surface area contributed by atoms with E-state index in [1.54, 1.807) is 11.3 Å². The molecule has 0 saturated carbocycles. The average Bonchev–Trinajstić information content (AvgIpc) is 2.32. The Labute approximate surface area is 71.5 Å². The third-order valence-electron chi connectivity index (χ3n) is 1.61. The van der Waals surface area contributed by atoms with E-state index in [4.69, 9.17) is 5.73 Å². The number of hydrogen-bond acceptors (Lipinski definition) is 3. The minimum atomic E-state index is 0.713. The molecule has 1 heterocycles. The largest absolute Gasteiger partial charge is 0.375 e. The molecule has 0 bridgehead atoms. The molecule has 0 radical (unpaired) electrons. The van der Waals surface area contributed by atoms with Gasteiger partial charge in [0.25, 0.3) is 0 Å². The van der Waals surface area contributed by atoms with Gasteiger partial charge in [-0.1, -0.05) is 20.3 Å². The quantitative estimate of drug-likeness (QED) is 0.755. The summed E-state index contributed by atoms with van der Waals surface area (Å²) < 4.78 is 0. The lowest BCUT2D eigenvalue weighted by atomic mass is 10.2. The zero-order valence-electron chi connectivity index (χ0n) is 7.05. The lowest BCUT2D eigenvalue weighted by Gasteiger charge is -1.94. The fourth-order valence-electron chi connectivity index (χ4n) is 1.10. The summed E-state index contributed by atoms with van der Waals surface area (Å²) in [6, 6.07) is 0. The minimum Gasteiger partial charge on any atom is -0.375 e. The van der Waals surface area contributed by atoms with Crippen LogP contribution in [-0.4, -0.2) is 4.98 Å². The molecule has 1 aromatic heterocycles. The summed E-state index contributed by atoms with van der Waals surface area (Å²) in [6.45, 7) is 4.29. The van der Waals surface area contributed by atoms with E-state index in [-0.39, 0.29) is 0 Å². The zero-order chi connectivity index (χ0) is 8.27. The van der Waals surface area contributed by atoms with E-state index in [2.05, 4.69) is 18.8 Å². The molecule has 1 aromatic rings. The van der Waals surface area contributed by atoms with Crippen molar-refractivity contribution in [1.82, 2.24) is 4.98 Å². The molecule has 1 rings (SSSR count). The molecule has 0 saturated heterocycles. The van der Waals surface area contributed by atoms with Crippen LogP contribution in [0.25, 0.3) is 0 Å². The lowest BCUT2D eigenvalue weighted by molar-refractivity contribution is 0.906. The van der Waals surface area contributed by atoms with Crippen molar-refractivity contribution >= 4 is 16.5 Å². The van der Waals surface area contributed by atoms with Crippen LogP contribution in [0.5, 0.6) is 0 Å². The van der Waals surface area contributed by atoms with Crippen LogP contribution in [0.3, 0.4) is 0 Å². The highest BCUT2D eigenvalue weighted by Crippen LogP contribution is 2.21. The molecule has 0 aliphatic heterocycles. The van der Waals surface area contributed by atoms with Crippen molar-refractivity contribution in [2.75, 3.05) is 5.73 Å². The lowest BCUT2D eigenvalue weighted by Crippen LogP contribution is -1.88. The van der Waals surface area contributed by atoms with Gasteiger partial charge in [-0.05, 0) is 12.8 Å². The van der Waals surface area contributed by atoms with E-state index in [1.165, 1.54) is 17.0 Å². The number of rotatable bonds is 3. The number of hydrogen-bond donors (Lipinski definition) is 1. The van der Waals surface area contributed by atoms with Gasteiger partial charge in [-0.25, -0.2) is 4.98 Å². The fraction of sp³-hybridized carbons (Fsp3) is 0.625. The molecular weight excluding hydrogens is 156 g/mol. The highest BCUT2D eigenvalue weighted by atomic mass is 32.1. The number of anilines is 1. The Morgan fingerprint density at radius 2 is 2.18 bits per heavy atom. The van der Waals surface area contributed by atoms with Gasteiger partial charge in [-0.2, -0.15) is 0 Å². The van der Waals surface area contributed by atoms with Crippen LogP contribution in [0.1, 0.15) is 30.8 Å². The predicted octanol–water partition coefficient (Wildman–Crippen LogP) is 2.24. The first-order chi connectivity index (χ1) is 5.27. The third-order valence-corrected chi connectivity index (χ3v) is 2.59. The Kier molecular flexibility index (Phi) is 2.88. The standard InChI is InChI=1S/C8H14N2S/c1-3-5-7-6(4-2)10-8(9)11-7/h3-5H2,1-2H3,(H2,9,10). The number of aryl methyl sites for hydroxylation is 2. The van der Waals surface area contributed by atoms with Crippen molar-refractivity contribution in [3.05, 3.63) is 10.6 Å². The Hall–Kier alpha value is -0.570. The van der Waals surface area contributed by atoms with Crippen LogP contribution in [0, 0.1) is 0 Å². The first-order valence-corrected chi connectivity index (χ1v) is 4.83. The molecule has 0 aliphatic carbocycles. The second-order valence-corrected chi connectivity index (χ2v) is 3.64. The van der Waals surface area contributed by atoms with E-state index in [0.717, 1.165) is 12.8 Å². The zero-order valence-corrected chi connectivity index (χ0v) is 7.87. The van der Waals surface area contributed by atoms with Gasteiger partial charge >= 0.3 is 0 Å². The molecule has 0 amide bonds. The van der Waals surface area contributed by atoms with Crippen LogP contribution >= 0.6 is 11.3 Å². The maximum atomic E-state index is 5.59. The molecule has 0 atom stereocenters. The van der Waals surface area contributed by atoms with Crippen LogP contribution < -0.4 is 5.73 Å². The number of nitrogens with zero attached hydrogens (tertiary/aromatic N) is 1. The van der Waals surface area contributed by atoms with Crippen molar-refractivity contribution in [3.8, 4) is 0 Å². The Morgan fingerprint density at radius 3 is 2.73 bits per heavy atom. The monoisotopic (exact) mass is 170 g/mol. The fourth-order valence-corrected chi connectivity index (χ4v) is 2.12. The summed E-state index contributed by atoms with van der Waals surface area (Å²) in [6.07, 6.45) is 3.30. The minimum absolute atomic E-state index is 0.713. The van der Waals surface area contributed by atoms with Crippen molar-refractivity contribution < 1.29 is 0 Å². The molecule has 0 aliphatic rings. The smallest absolute Gasteiger partial charge is 0.180 e. The normalized spacial score (nSPS) is 10.4. The Balaban J connectivity index is 2.83. The molecule has 0 unspecified atom stereocenters. The summed E-state index contributed by atoms with van der Waals surface area (Å²) >= 11 is 1.63. The van der Waals surface area contributed by atoms with Crippen molar-refractivity contribution in [2.24, 2.45) is 0 Å². The SMILES string of the molecule is CCCc1sc(N)nc1CC. The van der Waals surface area contributed by atoms with Gasteiger partial charge in [-0.15, -0.1) is 11.3 Å². The van der Waals surface area contributed by atoms with Crippen LogP contribution in [0.4, 0.5) is 5.13 Å². The van der Waals surface area contributed by atoms with Gasteiger partial charge in [0, 0.05) is 4.88 Å². The molecule has 0 aromatic carbocycles. The van der Waals surface area contributed by atoms with Crippen molar-refractivity contribution in [2.45, 2.75) is 33.1 Å². The van der Waals surface area contributed by atoms with Gasteiger partial charge in [0.1, 0.15) is 0 Å². The van der Waals surface area contributed by atoms with E-state index >= 15 is 0 Å². The summed E-state index contributed by atoms with van der Waals surface area (Å²) in [5.74, 6) is 0. The Bertz CT molecular complexity index is 230. The number of thiazole rings is 1. The van der Waals surface area contributed by atoms with Crippen molar-refractivity contribution in [3.63, 3.8) is 0 Å². The van der Waals surface area contributed by atoms with Crippen LogP contribution in [0.15, 0.2) is 0 Å². The molecule has 2 nitrogen and oxygen atoms in total. The van der Waals surface area contributed by atoms with E-state index in [1.807, 2.05) is 0 Å². The summed E-state index contributed by atoms with van der Waals surface area (Å²) in [5.41, 5.74) is 6.78. The van der Waals surface area contributed by atoms with Gasteiger partial charge in [-0.3, -0.25) is 0 Å². The second-order valence-electron chi connectivity index (χ2n) is 2.53. The summed E-state index contributed by atoms with van der Waals surface area (Å²) in [4.78, 5) is 5.61. The van der Waals surface area contributed by atoms with Gasteiger partial charge in [0.2, 0.25) is 0 Å². The summed E-state index contributed by atoms with van der Waals surface area (Å²) in [5, 5.41) is 0.713.